The Morgan fingerprint density at radius 2 is 1.69 bits per heavy atom. The molecule has 1 amide bonds. The fourth-order valence-electron chi connectivity index (χ4n) is 3.02. The van der Waals surface area contributed by atoms with Crippen LogP contribution in [0, 0.1) is 5.92 Å². The van der Waals surface area contributed by atoms with Gasteiger partial charge in [0.1, 0.15) is 5.75 Å². The summed E-state index contributed by atoms with van der Waals surface area (Å²) in [6.07, 6.45) is 5.20. The summed E-state index contributed by atoms with van der Waals surface area (Å²) in [6.45, 7) is 5.02. The van der Waals surface area contributed by atoms with Crippen LogP contribution in [0.25, 0.3) is 11.1 Å². The van der Waals surface area contributed by atoms with Crippen LogP contribution < -0.4 is 10.1 Å². The SMILES string of the molecule is CCCCOc1ccc(-c2ccc(CC(C)NC(=O)C3CC3)cc2)cc1. The zero-order valence-electron chi connectivity index (χ0n) is 15.8. The first-order valence-electron chi connectivity index (χ1n) is 9.78. The van der Waals surface area contributed by atoms with E-state index in [0.717, 1.165) is 44.5 Å². The van der Waals surface area contributed by atoms with Gasteiger partial charge in [-0.15, -0.1) is 0 Å². The fraction of sp³-hybridized carbons (Fsp3) is 0.435. The van der Waals surface area contributed by atoms with Gasteiger partial charge in [-0.25, -0.2) is 0 Å². The van der Waals surface area contributed by atoms with Crippen molar-refractivity contribution in [1.82, 2.24) is 5.32 Å². The molecule has 1 unspecified atom stereocenters. The quantitative estimate of drug-likeness (QED) is 0.646. The van der Waals surface area contributed by atoms with Crippen LogP contribution in [-0.4, -0.2) is 18.6 Å². The minimum absolute atomic E-state index is 0.175. The van der Waals surface area contributed by atoms with Crippen molar-refractivity contribution in [3.05, 3.63) is 54.1 Å². The largest absolute Gasteiger partial charge is 0.494 e. The maximum Gasteiger partial charge on any atom is 0.223 e. The molecule has 2 aromatic rings. The molecule has 0 bridgehead atoms. The molecule has 3 heteroatoms. The number of benzene rings is 2. The van der Waals surface area contributed by atoms with E-state index in [9.17, 15) is 4.79 Å². The Bertz CT molecular complexity index is 702. The van der Waals surface area contributed by atoms with E-state index in [1.165, 1.54) is 16.7 Å². The normalized spacial score (nSPS) is 14.7. The second kappa shape index (κ2) is 8.88. The van der Waals surface area contributed by atoms with Gasteiger partial charge in [0.05, 0.1) is 6.61 Å². The summed E-state index contributed by atoms with van der Waals surface area (Å²) in [5.41, 5.74) is 3.63. The summed E-state index contributed by atoms with van der Waals surface area (Å²) in [7, 11) is 0. The molecule has 3 rings (SSSR count). The molecule has 1 aliphatic carbocycles. The van der Waals surface area contributed by atoms with Crippen LogP contribution in [0.4, 0.5) is 0 Å². The van der Waals surface area contributed by atoms with Gasteiger partial charge in [0.2, 0.25) is 5.91 Å². The Morgan fingerprint density at radius 3 is 2.27 bits per heavy atom. The van der Waals surface area contributed by atoms with Crippen molar-refractivity contribution in [2.24, 2.45) is 5.92 Å². The second-order valence-electron chi connectivity index (χ2n) is 7.31. The summed E-state index contributed by atoms with van der Waals surface area (Å²) in [6, 6.07) is 17.1. The van der Waals surface area contributed by atoms with Crippen LogP contribution >= 0.6 is 0 Å². The Morgan fingerprint density at radius 1 is 1.08 bits per heavy atom. The van der Waals surface area contributed by atoms with Crippen molar-refractivity contribution in [3.63, 3.8) is 0 Å². The van der Waals surface area contributed by atoms with Gasteiger partial charge >= 0.3 is 0 Å². The molecule has 0 spiro atoms. The monoisotopic (exact) mass is 351 g/mol. The van der Waals surface area contributed by atoms with E-state index in [1.807, 2.05) is 12.1 Å². The molecular formula is C23H29NO2. The zero-order chi connectivity index (χ0) is 18.4. The van der Waals surface area contributed by atoms with Gasteiger partial charge in [-0.3, -0.25) is 4.79 Å². The van der Waals surface area contributed by atoms with Crippen LogP contribution in [0.1, 0.15) is 45.1 Å². The van der Waals surface area contributed by atoms with E-state index in [0.29, 0.717) is 0 Å². The highest BCUT2D eigenvalue weighted by molar-refractivity contribution is 5.81. The Kier molecular flexibility index (Phi) is 6.32. The summed E-state index contributed by atoms with van der Waals surface area (Å²) >= 11 is 0. The van der Waals surface area contributed by atoms with Crippen LogP contribution in [0.2, 0.25) is 0 Å². The van der Waals surface area contributed by atoms with E-state index >= 15 is 0 Å². The summed E-state index contributed by atoms with van der Waals surface area (Å²) < 4.78 is 5.72. The molecule has 26 heavy (non-hydrogen) atoms. The van der Waals surface area contributed by atoms with Crippen LogP contribution in [0.15, 0.2) is 48.5 Å². The number of ether oxygens (including phenoxy) is 1. The van der Waals surface area contributed by atoms with Gasteiger partial charge in [-0.2, -0.15) is 0 Å². The molecule has 0 radical (unpaired) electrons. The highest BCUT2D eigenvalue weighted by atomic mass is 16.5. The third-order valence-electron chi connectivity index (χ3n) is 4.79. The molecule has 0 heterocycles. The van der Waals surface area contributed by atoms with Gasteiger partial charge in [0.15, 0.2) is 0 Å². The maximum absolute atomic E-state index is 11.8. The maximum atomic E-state index is 11.8. The van der Waals surface area contributed by atoms with Crippen molar-refractivity contribution in [3.8, 4) is 16.9 Å². The lowest BCUT2D eigenvalue weighted by atomic mass is 10.0. The fourth-order valence-corrected chi connectivity index (χ4v) is 3.02. The zero-order valence-corrected chi connectivity index (χ0v) is 15.8. The molecule has 0 saturated heterocycles. The summed E-state index contributed by atoms with van der Waals surface area (Å²) in [4.78, 5) is 11.8. The molecule has 138 valence electrons. The van der Waals surface area contributed by atoms with Gasteiger partial charge in [-0.1, -0.05) is 49.7 Å². The average Bonchev–Trinajstić information content (AvgIpc) is 3.48. The number of hydrogen-bond donors (Lipinski definition) is 1. The average molecular weight is 351 g/mol. The van der Waals surface area contributed by atoms with E-state index in [1.54, 1.807) is 0 Å². The number of carbonyl (C=O) groups excluding carboxylic acids is 1. The van der Waals surface area contributed by atoms with E-state index in [4.69, 9.17) is 4.74 Å². The molecule has 0 aliphatic heterocycles. The van der Waals surface area contributed by atoms with Crippen LogP contribution in [0.3, 0.4) is 0 Å². The highest BCUT2D eigenvalue weighted by Crippen LogP contribution is 2.29. The number of amides is 1. The standard InChI is InChI=1S/C23H29NO2/c1-3-4-15-26-22-13-11-20(12-14-22)19-7-5-18(6-8-19)16-17(2)24-23(25)21-9-10-21/h5-8,11-14,17,21H,3-4,9-10,15-16H2,1-2H3,(H,24,25). The van der Waals surface area contributed by atoms with Crippen molar-refractivity contribution in [1.29, 1.82) is 0 Å². The van der Waals surface area contributed by atoms with Gasteiger partial charge in [0, 0.05) is 12.0 Å². The molecule has 1 fully saturated rings. The number of unbranched alkanes of at least 4 members (excludes halogenated alkanes) is 1. The first-order chi connectivity index (χ1) is 12.7. The minimum Gasteiger partial charge on any atom is -0.494 e. The smallest absolute Gasteiger partial charge is 0.223 e. The molecule has 0 aromatic heterocycles. The predicted molar refractivity (Wildman–Crippen MR) is 106 cm³/mol. The van der Waals surface area contributed by atoms with Crippen molar-refractivity contribution in [2.45, 2.75) is 52.0 Å². The van der Waals surface area contributed by atoms with Crippen molar-refractivity contribution >= 4 is 5.91 Å². The lowest BCUT2D eigenvalue weighted by molar-refractivity contribution is -0.122. The molecule has 3 nitrogen and oxygen atoms in total. The first kappa shape index (κ1) is 18.5. The molecule has 1 atom stereocenters. The number of hydrogen-bond acceptors (Lipinski definition) is 2. The number of rotatable bonds is 9. The molecule has 1 saturated carbocycles. The first-order valence-corrected chi connectivity index (χ1v) is 9.78. The van der Waals surface area contributed by atoms with E-state index < -0.39 is 0 Å². The lowest BCUT2D eigenvalue weighted by Gasteiger charge is -2.14. The van der Waals surface area contributed by atoms with Crippen molar-refractivity contribution < 1.29 is 9.53 Å². The highest BCUT2D eigenvalue weighted by Gasteiger charge is 2.30. The Balaban J connectivity index is 1.54. The van der Waals surface area contributed by atoms with Gasteiger partial charge < -0.3 is 10.1 Å². The minimum atomic E-state index is 0.175. The topological polar surface area (TPSA) is 38.3 Å². The lowest BCUT2D eigenvalue weighted by Crippen LogP contribution is -2.35. The predicted octanol–water partition coefficient (Wildman–Crippen LogP) is 4.99. The third kappa shape index (κ3) is 5.35. The number of nitrogens with one attached hydrogen (secondary N) is 1. The third-order valence-corrected chi connectivity index (χ3v) is 4.79. The Hall–Kier alpha value is -2.29. The van der Waals surface area contributed by atoms with Crippen LogP contribution in [0.5, 0.6) is 5.75 Å². The Labute approximate surface area is 156 Å². The number of carbonyl (C=O) groups is 1. The molecule has 1 N–H and O–H groups in total. The summed E-state index contributed by atoms with van der Waals surface area (Å²) in [5, 5.41) is 3.11. The van der Waals surface area contributed by atoms with Gasteiger partial charge in [0.25, 0.3) is 0 Å². The second-order valence-corrected chi connectivity index (χ2v) is 7.31. The van der Waals surface area contributed by atoms with Crippen molar-refractivity contribution in [2.75, 3.05) is 6.61 Å². The molecule has 1 aliphatic rings. The van der Waals surface area contributed by atoms with Crippen LogP contribution in [-0.2, 0) is 11.2 Å². The van der Waals surface area contributed by atoms with Gasteiger partial charge in [-0.05, 0) is 61.4 Å². The summed E-state index contributed by atoms with van der Waals surface area (Å²) in [5.74, 6) is 1.42. The van der Waals surface area contributed by atoms with E-state index in [-0.39, 0.29) is 17.9 Å². The molecule has 2 aromatic carbocycles. The van der Waals surface area contributed by atoms with E-state index in [2.05, 4.69) is 55.6 Å². The molecular weight excluding hydrogens is 322 g/mol.